The second kappa shape index (κ2) is 6.33. The molecule has 1 aromatic heterocycles. The smallest absolute Gasteiger partial charge is 0.217 e. The standard InChI is InChI=1S/C15H23FN4/c1-10(13-7-6-12(9-17)15(16)19-13)18-11(2)14-5-4-8-20(14)3/h6-7,10,14,18H,2,4-5,8-9,17H2,1,3H3. The van der Waals surface area contributed by atoms with Crippen LogP contribution in [0.2, 0.25) is 0 Å². The van der Waals surface area contributed by atoms with Gasteiger partial charge in [0, 0.05) is 23.8 Å². The minimum atomic E-state index is -0.484. The maximum atomic E-state index is 13.7. The summed E-state index contributed by atoms with van der Waals surface area (Å²) in [6, 6.07) is 3.79. The van der Waals surface area contributed by atoms with Crippen molar-refractivity contribution in [1.29, 1.82) is 0 Å². The molecule has 0 spiro atoms. The molecule has 1 aliphatic rings. The average Bonchev–Trinajstić information content (AvgIpc) is 2.84. The first-order valence-corrected chi connectivity index (χ1v) is 7.04. The molecule has 0 aromatic carbocycles. The van der Waals surface area contributed by atoms with E-state index in [0.717, 1.165) is 18.7 Å². The molecule has 1 aliphatic heterocycles. The Labute approximate surface area is 119 Å². The van der Waals surface area contributed by atoms with E-state index in [1.54, 1.807) is 6.07 Å². The number of aromatic nitrogens is 1. The van der Waals surface area contributed by atoms with Gasteiger partial charge in [0.25, 0.3) is 0 Å². The number of pyridine rings is 1. The van der Waals surface area contributed by atoms with E-state index in [2.05, 4.69) is 28.8 Å². The molecule has 4 nitrogen and oxygen atoms in total. The van der Waals surface area contributed by atoms with Gasteiger partial charge in [0.05, 0.1) is 11.7 Å². The molecule has 2 rings (SSSR count). The van der Waals surface area contributed by atoms with Crippen LogP contribution in [0.25, 0.3) is 0 Å². The van der Waals surface area contributed by atoms with Gasteiger partial charge in [0.15, 0.2) is 0 Å². The van der Waals surface area contributed by atoms with Gasteiger partial charge in [-0.25, -0.2) is 4.98 Å². The number of nitrogens with one attached hydrogen (secondary N) is 1. The Morgan fingerprint density at radius 1 is 1.65 bits per heavy atom. The van der Waals surface area contributed by atoms with Gasteiger partial charge in [0.1, 0.15) is 0 Å². The van der Waals surface area contributed by atoms with E-state index in [1.165, 1.54) is 6.42 Å². The van der Waals surface area contributed by atoms with Crippen LogP contribution < -0.4 is 11.1 Å². The Kier molecular flexibility index (Phi) is 4.73. The molecule has 0 amide bonds. The van der Waals surface area contributed by atoms with Gasteiger partial charge in [0.2, 0.25) is 5.95 Å². The Hall–Kier alpha value is -1.46. The summed E-state index contributed by atoms with van der Waals surface area (Å²) < 4.78 is 13.7. The van der Waals surface area contributed by atoms with Crippen LogP contribution in [-0.4, -0.2) is 29.5 Å². The maximum absolute atomic E-state index is 13.7. The van der Waals surface area contributed by atoms with Gasteiger partial charge in [-0.05, 0) is 39.4 Å². The van der Waals surface area contributed by atoms with Gasteiger partial charge in [-0.3, -0.25) is 4.90 Å². The van der Waals surface area contributed by atoms with Gasteiger partial charge in [-0.15, -0.1) is 0 Å². The summed E-state index contributed by atoms with van der Waals surface area (Å²) in [5.74, 6) is -0.484. The lowest BCUT2D eigenvalue weighted by atomic mass is 10.1. The lowest BCUT2D eigenvalue weighted by Crippen LogP contribution is -2.34. The lowest BCUT2D eigenvalue weighted by molar-refractivity contribution is 0.329. The fourth-order valence-corrected chi connectivity index (χ4v) is 2.67. The van der Waals surface area contributed by atoms with Crippen molar-refractivity contribution < 1.29 is 4.39 Å². The molecule has 0 bridgehead atoms. The van der Waals surface area contributed by atoms with Crippen molar-refractivity contribution in [2.45, 2.75) is 38.4 Å². The van der Waals surface area contributed by atoms with Crippen molar-refractivity contribution in [3.05, 3.63) is 41.6 Å². The molecule has 2 unspecified atom stereocenters. The molecular formula is C15H23FN4. The molecule has 5 heteroatoms. The summed E-state index contributed by atoms with van der Waals surface area (Å²) in [5.41, 5.74) is 7.52. The highest BCUT2D eigenvalue weighted by Gasteiger charge is 2.24. The van der Waals surface area contributed by atoms with Crippen LogP contribution in [0.5, 0.6) is 0 Å². The molecule has 1 fully saturated rings. The van der Waals surface area contributed by atoms with Crippen LogP contribution in [0.15, 0.2) is 24.4 Å². The minimum absolute atomic E-state index is 0.0715. The fourth-order valence-electron chi connectivity index (χ4n) is 2.67. The van der Waals surface area contributed by atoms with Crippen molar-refractivity contribution in [3.63, 3.8) is 0 Å². The van der Waals surface area contributed by atoms with Gasteiger partial charge >= 0.3 is 0 Å². The summed E-state index contributed by atoms with van der Waals surface area (Å²) in [5, 5.41) is 3.34. The SMILES string of the molecule is C=C(NC(C)c1ccc(CN)c(F)n1)C1CCCN1C. The van der Waals surface area contributed by atoms with E-state index in [9.17, 15) is 4.39 Å². The summed E-state index contributed by atoms with van der Waals surface area (Å²) >= 11 is 0. The van der Waals surface area contributed by atoms with Gasteiger partial charge in [-0.1, -0.05) is 12.6 Å². The number of likely N-dealkylation sites (tertiary alicyclic amines) is 1. The van der Waals surface area contributed by atoms with E-state index in [0.29, 0.717) is 17.3 Å². The molecule has 2 heterocycles. The normalized spacial score (nSPS) is 20.9. The molecule has 2 atom stereocenters. The molecular weight excluding hydrogens is 255 g/mol. The van der Waals surface area contributed by atoms with Crippen LogP contribution in [-0.2, 0) is 6.54 Å². The second-order valence-corrected chi connectivity index (χ2v) is 5.42. The Balaban J connectivity index is 2.02. The lowest BCUT2D eigenvalue weighted by Gasteiger charge is -2.25. The highest BCUT2D eigenvalue weighted by molar-refractivity contribution is 5.19. The molecule has 1 saturated heterocycles. The molecule has 0 saturated carbocycles. The first kappa shape index (κ1) is 14.9. The van der Waals surface area contributed by atoms with Crippen molar-refractivity contribution in [2.75, 3.05) is 13.6 Å². The van der Waals surface area contributed by atoms with Gasteiger partial charge in [-0.2, -0.15) is 4.39 Å². The second-order valence-electron chi connectivity index (χ2n) is 5.42. The van der Waals surface area contributed by atoms with Crippen LogP contribution in [0.4, 0.5) is 4.39 Å². The fraction of sp³-hybridized carbons (Fsp3) is 0.533. The van der Waals surface area contributed by atoms with Crippen LogP contribution >= 0.6 is 0 Å². The molecule has 110 valence electrons. The predicted octanol–water partition coefficient (Wildman–Crippen LogP) is 1.94. The van der Waals surface area contributed by atoms with Crippen molar-refractivity contribution in [2.24, 2.45) is 5.73 Å². The predicted molar refractivity (Wildman–Crippen MR) is 78.4 cm³/mol. The first-order chi connectivity index (χ1) is 9.52. The van der Waals surface area contributed by atoms with Crippen LogP contribution in [0.1, 0.15) is 37.1 Å². The summed E-state index contributed by atoms with van der Waals surface area (Å²) in [7, 11) is 2.10. The minimum Gasteiger partial charge on any atom is -0.379 e. The zero-order valence-electron chi connectivity index (χ0n) is 12.2. The van der Waals surface area contributed by atoms with Crippen molar-refractivity contribution in [1.82, 2.24) is 15.2 Å². The molecule has 1 aromatic rings. The zero-order chi connectivity index (χ0) is 14.7. The number of nitrogens with two attached hydrogens (primary N) is 1. The Morgan fingerprint density at radius 3 is 2.95 bits per heavy atom. The zero-order valence-corrected chi connectivity index (χ0v) is 12.2. The quantitative estimate of drug-likeness (QED) is 0.808. The van der Waals surface area contributed by atoms with Crippen LogP contribution in [0, 0.1) is 5.95 Å². The number of halogens is 1. The maximum Gasteiger partial charge on any atom is 0.217 e. The summed E-state index contributed by atoms with van der Waals surface area (Å²) in [6.07, 6.45) is 2.30. The summed E-state index contributed by atoms with van der Waals surface area (Å²) in [6.45, 7) is 7.34. The number of hydrogen-bond acceptors (Lipinski definition) is 4. The van der Waals surface area contributed by atoms with E-state index in [4.69, 9.17) is 5.73 Å². The molecule has 0 aliphatic carbocycles. The molecule has 0 radical (unpaired) electrons. The van der Waals surface area contributed by atoms with E-state index < -0.39 is 5.95 Å². The number of rotatable bonds is 5. The Morgan fingerprint density at radius 2 is 2.40 bits per heavy atom. The topological polar surface area (TPSA) is 54.2 Å². The average molecular weight is 278 g/mol. The number of likely N-dealkylation sites (N-methyl/N-ethyl adjacent to an activating group) is 1. The van der Waals surface area contributed by atoms with Crippen LogP contribution in [0.3, 0.4) is 0 Å². The van der Waals surface area contributed by atoms with E-state index >= 15 is 0 Å². The highest BCUT2D eigenvalue weighted by Crippen LogP contribution is 2.22. The van der Waals surface area contributed by atoms with E-state index in [1.807, 2.05) is 13.0 Å². The highest BCUT2D eigenvalue weighted by atomic mass is 19.1. The monoisotopic (exact) mass is 278 g/mol. The first-order valence-electron chi connectivity index (χ1n) is 7.04. The third kappa shape index (κ3) is 3.16. The third-order valence-electron chi connectivity index (χ3n) is 3.94. The molecule has 3 N–H and O–H groups in total. The largest absolute Gasteiger partial charge is 0.379 e. The Bertz CT molecular complexity index is 489. The van der Waals surface area contributed by atoms with Crippen molar-refractivity contribution >= 4 is 0 Å². The van der Waals surface area contributed by atoms with Gasteiger partial charge < -0.3 is 11.1 Å². The van der Waals surface area contributed by atoms with E-state index in [-0.39, 0.29) is 12.6 Å². The summed E-state index contributed by atoms with van der Waals surface area (Å²) in [4.78, 5) is 6.26. The van der Waals surface area contributed by atoms with Crippen molar-refractivity contribution in [3.8, 4) is 0 Å². The third-order valence-corrected chi connectivity index (χ3v) is 3.94. The number of hydrogen-bond donors (Lipinski definition) is 2. The number of nitrogens with zero attached hydrogens (tertiary/aromatic N) is 2. The molecule has 20 heavy (non-hydrogen) atoms.